The van der Waals surface area contributed by atoms with Crippen LogP contribution in [-0.4, -0.2) is 16.6 Å². The molecule has 104 valence electrons. The number of carbonyl (C=O) groups is 1. The highest BCUT2D eigenvalue weighted by atomic mass is 32.2. The maximum atomic E-state index is 11.9. The van der Waals surface area contributed by atoms with E-state index < -0.39 is 0 Å². The van der Waals surface area contributed by atoms with E-state index >= 15 is 0 Å². The van der Waals surface area contributed by atoms with Crippen molar-refractivity contribution in [3.8, 4) is 0 Å². The molecule has 1 amide bonds. The van der Waals surface area contributed by atoms with Gasteiger partial charge in [0, 0.05) is 22.9 Å². The predicted molar refractivity (Wildman–Crippen MR) is 83.2 cm³/mol. The Labute approximate surface area is 126 Å². The number of nitrogens with zero attached hydrogens (tertiary/aromatic N) is 1. The van der Waals surface area contributed by atoms with Crippen LogP contribution in [0.2, 0.25) is 0 Å². The Morgan fingerprint density at radius 3 is 2.95 bits per heavy atom. The maximum absolute atomic E-state index is 11.9. The van der Waals surface area contributed by atoms with E-state index in [0.717, 1.165) is 23.7 Å². The molecule has 0 aliphatic carbocycles. The summed E-state index contributed by atoms with van der Waals surface area (Å²) in [6.45, 7) is 3.72. The molecule has 1 aliphatic heterocycles. The fourth-order valence-electron chi connectivity index (χ4n) is 1.95. The van der Waals surface area contributed by atoms with E-state index in [0.29, 0.717) is 10.9 Å². The van der Waals surface area contributed by atoms with Crippen molar-refractivity contribution in [3.63, 3.8) is 0 Å². The summed E-state index contributed by atoms with van der Waals surface area (Å²) in [6, 6.07) is 8.19. The van der Waals surface area contributed by atoms with Crippen molar-refractivity contribution < 1.29 is 4.79 Å². The molecule has 2 aromatic rings. The summed E-state index contributed by atoms with van der Waals surface area (Å²) in [7, 11) is 0. The number of thioether (sulfide) groups is 1. The Kier molecular flexibility index (Phi) is 4.05. The summed E-state index contributed by atoms with van der Waals surface area (Å²) < 4.78 is 0. The van der Waals surface area contributed by atoms with Crippen LogP contribution in [0.25, 0.3) is 0 Å². The quantitative estimate of drug-likeness (QED) is 0.853. The molecule has 4 nitrogen and oxygen atoms in total. The minimum absolute atomic E-state index is 0.00374. The van der Waals surface area contributed by atoms with Crippen LogP contribution in [0.4, 0.5) is 5.13 Å². The van der Waals surface area contributed by atoms with E-state index in [2.05, 4.69) is 34.7 Å². The first-order valence-corrected chi connectivity index (χ1v) is 8.19. The third kappa shape index (κ3) is 3.20. The van der Waals surface area contributed by atoms with Crippen LogP contribution in [0, 0.1) is 6.92 Å². The predicted octanol–water partition coefficient (Wildman–Crippen LogP) is 2.79. The lowest BCUT2D eigenvalue weighted by Gasteiger charge is -2.03. The van der Waals surface area contributed by atoms with E-state index in [4.69, 9.17) is 0 Å². The number of nitrogens with one attached hydrogen (secondary N) is 2. The second-order valence-electron chi connectivity index (χ2n) is 4.64. The topological polar surface area (TPSA) is 54.0 Å². The summed E-state index contributed by atoms with van der Waals surface area (Å²) >= 11 is 3.10. The van der Waals surface area contributed by atoms with Gasteiger partial charge in [-0.3, -0.25) is 4.79 Å². The van der Waals surface area contributed by atoms with Gasteiger partial charge in [0.25, 0.3) is 0 Å². The summed E-state index contributed by atoms with van der Waals surface area (Å²) in [5, 5.41) is 6.82. The molecular weight excluding hydrogens is 290 g/mol. The number of aromatic nitrogens is 1. The zero-order chi connectivity index (χ0) is 13.9. The Balaban J connectivity index is 1.53. The molecule has 0 fully saturated rings. The lowest BCUT2D eigenvalue weighted by molar-refractivity contribution is -0.113. The molecule has 0 bridgehead atoms. The van der Waals surface area contributed by atoms with E-state index in [1.165, 1.54) is 22.2 Å². The number of hydrogen-bond donors (Lipinski definition) is 2. The number of anilines is 1. The molecule has 3 rings (SSSR count). The molecule has 2 heterocycles. The van der Waals surface area contributed by atoms with Gasteiger partial charge in [-0.2, -0.15) is 0 Å². The fraction of sp³-hybridized carbons (Fsp3) is 0.286. The Morgan fingerprint density at radius 2 is 2.20 bits per heavy atom. The van der Waals surface area contributed by atoms with Gasteiger partial charge in [0.15, 0.2) is 5.13 Å². The van der Waals surface area contributed by atoms with Gasteiger partial charge in [-0.1, -0.05) is 17.7 Å². The van der Waals surface area contributed by atoms with Crippen LogP contribution in [0.15, 0.2) is 29.2 Å². The Hall–Kier alpha value is -1.37. The lowest BCUT2D eigenvalue weighted by atomic mass is 10.2. The van der Waals surface area contributed by atoms with Gasteiger partial charge in [-0.05, 0) is 19.1 Å². The van der Waals surface area contributed by atoms with Gasteiger partial charge in [-0.25, -0.2) is 4.98 Å². The standard InChI is InChI=1S/C14H15N3OS2/c1-9-2-4-10(5-3-9)19-8-13(18)17-14-16-11-6-15-7-12(11)20-14/h2-5,15H,6-8H2,1H3,(H,16,17,18). The summed E-state index contributed by atoms with van der Waals surface area (Å²) in [5.41, 5.74) is 2.29. The summed E-state index contributed by atoms with van der Waals surface area (Å²) in [5.74, 6) is 0.405. The first kappa shape index (κ1) is 13.6. The van der Waals surface area contributed by atoms with Gasteiger partial charge >= 0.3 is 0 Å². The fourth-order valence-corrected chi connectivity index (χ4v) is 3.61. The number of amides is 1. The van der Waals surface area contributed by atoms with Crippen molar-refractivity contribution in [1.29, 1.82) is 0 Å². The molecule has 0 unspecified atom stereocenters. The molecule has 2 N–H and O–H groups in total. The average molecular weight is 305 g/mol. The summed E-state index contributed by atoms with van der Waals surface area (Å²) in [4.78, 5) is 18.6. The molecule has 1 aromatic heterocycles. The van der Waals surface area contributed by atoms with Gasteiger partial charge in [0.1, 0.15) is 0 Å². The number of hydrogen-bond acceptors (Lipinski definition) is 5. The van der Waals surface area contributed by atoms with Crippen molar-refractivity contribution in [2.75, 3.05) is 11.1 Å². The second kappa shape index (κ2) is 5.95. The highest BCUT2D eigenvalue weighted by molar-refractivity contribution is 8.00. The van der Waals surface area contributed by atoms with E-state index in [1.807, 2.05) is 12.1 Å². The van der Waals surface area contributed by atoms with Crippen LogP contribution in [-0.2, 0) is 17.9 Å². The zero-order valence-electron chi connectivity index (χ0n) is 11.1. The van der Waals surface area contributed by atoms with Crippen molar-refractivity contribution in [3.05, 3.63) is 40.4 Å². The molecular formula is C14H15N3OS2. The zero-order valence-corrected chi connectivity index (χ0v) is 12.7. The Morgan fingerprint density at radius 1 is 1.40 bits per heavy atom. The molecule has 0 saturated carbocycles. The van der Waals surface area contributed by atoms with Crippen LogP contribution in [0.3, 0.4) is 0 Å². The van der Waals surface area contributed by atoms with Gasteiger partial charge in [0.05, 0.1) is 11.4 Å². The minimum Gasteiger partial charge on any atom is -0.306 e. The molecule has 0 saturated heterocycles. The first-order valence-electron chi connectivity index (χ1n) is 6.39. The van der Waals surface area contributed by atoms with Crippen LogP contribution in [0.1, 0.15) is 16.1 Å². The molecule has 0 atom stereocenters. The average Bonchev–Trinajstić information content (AvgIpc) is 2.99. The molecule has 1 aliphatic rings. The van der Waals surface area contributed by atoms with E-state index in [9.17, 15) is 4.79 Å². The highest BCUT2D eigenvalue weighted by Crippen LogP contribution is 2.26. The monoisotopic (exact) mass is 305 g/mol. The third-order valence-electron chi connectivity index (χ3n) is 2.99. The van der Waals surface area contributed by atoms with Crippen molar-refractivity contribution in [1.82, 2.24) is 10.3 Å². The number of fused-ring (bicyclic) bond motifs is 1. The molecule has 20 heavy (non-hydrogen) atoms. The molecule has 0 radical (unpaired) electrons. The van der Waals surface area contributed by atoms with Gasteiger partial charge in [0.2, 0.25) is 5.91 Å². The van der Waals surface area contributed by atoms with Crippen LogP contribution >= 0.6 is 23.1 Å². The number of aryl methyl sites for hydroxylation is 1. The van der Waals surface area contributed by atoms with Crippen LogP contribution < -0.4 is 10.6 Å². The van der Waals surface area contributed by atoms with Crippen molar-refractivity contribution in [2.45, 2.75) is 24.9 Å². The first-order chi connectivity index (χ1) is 9.70. The number of benzene rings is 1. The van der Waals surface area contributed by atoms with Crippen LogP contribution in [0.5, 0.6) is 0 Å². The normalized spacial score (nSPS) is 13.2. The molecule has 1 aromatic carbocycles. The highest BCUT2D eigenvalue weighted by Gasteiger charge is 2.17. The SMILES string of the molecule is Cc1ccc(SCC(=O)Nc2nc3c(s2)CNC3)cc1. The lowest BCUT2D eigenvalue weighted by Crippen LogP contribution is -2.14. The van der Waals surface area contributed by atoms with Crippen molar-refractivity contribution in [2.24, 2.45) is 0 Å². The third-order valence-corrected chi connectivity index (χ3v) is 5.02. The number of carbonyl (C=O) groups excluding carboxylic acids is 1. The Bertz CT molecular complexity index is 600. The number of rotatable bonds is 4. The van der Waals surface area contributed by atoms with Crippen molar-refractivity contribution >= 4 is 34.1 Å². The molecule has 0 spiro atoms. The van der Waals surface area contributed by atoms with E-state index in [-0.39, 0.29) is 5.91 Å². The smallest absolute Gasteiger partial charge is 0.236 e. The minimum atomic E-state index is -0.00374. The maximum Gasteiger partial charge on any atom is 0.236 e. The van der Waals surface area contributed by atoms with Gasteiger partial charge in [-0.15, -0.1) is 23.1 Å². The second-order valence-corrected chi connectivity index (χ2v) is 6.77. The summed E-state index contributed by atoms with van der Waals surface area (Å²) in [6.07, 6.45) is 0. The number of thiazole rings is 1. The van der Waals surface area contributed by atoms with Gasteiger partial charge < -0.3 is 10.6 Å². The van der Waals surface area contributed by atoms with E-state index in [1.54, 1.807) is 11.3 Å². The largest absolute Gasteiger partial charge is 0.306 e. The molecule has 6 heteroatoms.